The average molecular weight is 361 g/mol. The van der Waals surface area contributed by atoms with Gasteiger partial charge in [0.2, 0.25) is 0 Å². The Kier molecular flexibility index (Phi) is 4.41. The van der Waals surface area contributed by atoms with Gasteiger partial charge >= 0.3 is 0 Å². The average Bonchev–Trinajstić information content (AvgIpc) is 3.11. The highest BCUT2D eigenvalue weighted by atomic mass is 32.1. The van der Waals surface area contributed by atoms with Crippen LogP contribution in [0.1, 0.15) is 31.6 Å². The van der Waals surface area contributed by atoms with Gasteiger partial charge in [-0.25, -0.2) is 0 Å². The molecule has 0 saturated carbocycles. The van der Waals surface area contributed by atoms with Gasteiger partial charge in [-0.2, -0.15) is 0 Å². The van der Waals surface area contributed by atoms with Gasteiger partial charge in [-0.05, 0) is 55.5 Å². The maximum absolute atomic E-state index is 5.15. The van der Waals surface area contributed by atoms with Crippen molar-refractivity contribution in [3.8, 4) is 0 Å². The molecule has 2 bridgehead atoms. The standard InChI is InChI=1S/C23H24N2S/c1-4-20-18-13-16(2)15-23(20,21-10-9-17(3)25-22(21)14-18)24-11-5-7-19-8-6-12-26-19/h4-13,18,25H,3,14-15H2,1-2H3/b7-5+,20-4+,24-11?. The van der Waals surface area contributed by atoms with Crippen molar-refractivity contribution in [2.24, 2.45) is 10.9 Å². The number of hydrogen-bond acceptors (Lipinski definition) is 3. The number of rotatable bonds is 3. The van der Waals surface area contributed by atoms with Gasteiger partial charge in [0.25, 0.3) is 0 Å². The van der Waals surface area contributed by atoms with E-state index in [4.69, 9.17) is 4.99 Å². The van der Waals surface area contributed by atoms with Gasteiger partial charge in [0, 0.05) is 40.4 Å². The summed E-state index contributed by atoms with van der Waals surface area (Å²) < 4.78 is 0. The Labute approximate surface area is 159 Å². The Morgan fingerprint density at radius 1 is 1.38 bits per heavy atom. The summed E-state index contributed by atoms with van der Waals surface area (Å²) in [6, 6.07) is 4.19. The quantitative estimate of drug-likeness (QED) is 0.533. The summed E-state index contributed by atoms with van der Waals surface area (Å²) >= 11 is 1.74. The zero-order valence-corrected chi connectivity index (χ0v) is 16.1. The summed E-state index contributed by atoms with van der Waals surface area (Å²) in [6.45, 7) is 8.45. The van der Waals surface area contributed by atoms with E-state index in [1.165, 1.54) is 27.3 Å². The molecule has 0 spiro atoms. The van der Waals surface area contributed by atoms with E-state index in [1.54, 1.807) is 11.3 Å². The van der Waals surface area contributed by atoms with Crippen molar-refractivity contribution in [1.82, 2.24) is 5.32 Å². The molecule has 132 valence electrons. The molecular weight excluding hydrogens is 336 g/mol. The molecular formula is C23H24N2S. The van der Waals surface area contributed by atoms with Crippen LogP contribution in [0.2, 0.25) is 0 Å². The molecule has 2 nitrogen and oxygen atoms in total. The molecule has 4 rings (SSSR count). The van der Waals surface area contributed by atoms with Gasteiger partial charge in [0.1, 0.15) is 5.54 Å². The fourth-order valence-electron chi connectivity index (χ4n) is 4.42. The van der Waals surface area contributed by atoms with Gasteiger partial charge in [-0.3, -0.25) is 4.99 Å². The fourth-order valence-corrected chi connectivity index (χ4v) is 5.05. The Hall–Kier alpha value is -2.39. The number of thiophene rings is 1. The Balaban J connectivity index is 1.77. The summed E-state index contributed by atoms with van der Waals surface area (Å²) in [7, 11) is 0. The molecule has 1 aliphatic heterocycles. The Bertz CT molecular complexity index is 906. The molecule has 0 fully saturated rings. The van der Waals surface area contributed by atoms with Gasteiger partial charge in [-0.15, -0.1) is 11.3 Å². The molecule has 26 heavy (non-hydrogen) atoms. The highest BCUT2D eigenvalue weighted by Crippen LogP contribution is 2.51. The van der Waals surface area contributed by atoms with E-state index in [0.717, 1.165) is 18.5 Å². The molecule has 1 aromatic heterocycles. The molecule has 1 N–H and O–H groups in total. The number of hydrogen-bond donors (Lipinski definition) is 1. The van der Waals surface area contributed by atoms with E-state index in [0.29, 0.717) is 5.92 Å². The maximum atomic E-state index is 5.15. The minimum atomic E-state index is -0.296. The lowest BCUT2D eigenvalue weighted by Crippen LogP contribution is -2.44. The summed E-state index contributed by atoms with van der Waals surface area (Å²) in [6.07, 6.45) is 17.1. The van der Waals surface area contributed by atoms with Crippen molar-refractivity contribution >= 4 is 23.6 Å². The van der Waals surface area contributed by atoms with E-state index < -0.39 is 0 Å². The number of nitrogens with zero attached hydrogens (tertiary/aromatic N) is 1. The first kappa shape index (κ1) is 17.0. The lowest BCUT2D eigenvalue weighted by atomic mass is 9.62. The van der Waals surface area contributed by atoms with Crippen molar-refractivity contribution in [2.75, 3.05) is 0 Å². The lowest BCUT2D eigenvalue weighted by Gasteiger charge is -2.47. The predicted octanol–water partition coefficient (Wildman–Crippen LogP) is 5.81. The summed E-state index contributed by atoms with van der Waals surface area (Å²) in [4.78, 5) is 6.40. The molecule has 2 unspecified atom stereocenters. The second-order valence-corrected chi connectivity index (χ2v) is 8.11. The Morgan fingerprint density at radius 3 is 3.04 bits per heavy atom. The summed E-state index contributed by atoms with van der Waals surface area (Å²) in [5.74, 6) is 0.415. The van der Waals surface area contributed by atoms with Crippen LogP contribution in [0.4, 0.5) is 0 Å². The maximum Gasteiger partial charge on any atom is 0.112 e. The van der Waals surface area contributed by atoms with Gasteiger partial charge in [0.05, 0.1) is 0 Å². The zero-order chi connectivity index (χ0) is 18.1. The van der Waals surface area contributed by atoms with Crippen molar-refractivity contribution < 1.29 is 0 Å². The number of allylic oxidation sites excluding steroid dienone is 5. The zero-order valence-electron chi connectivity index (χ0n) is 15.3. The van der Waals surface area contributed by atoms with Crippen LogP contribution in [-0.2, 0) is 0 Å². The highest BCUT2D eigenvalue weighted by Gasteiger charge is 2.47. The number of aliphatic imine (C=N–C) groups is 1. The largest absolute Gasteiger partial charge is 0.359 e. The van der Waals surface area contributed by atoms with Gasteiger partial charge in [0.15, 0.2) is 0 Å². The van der Waals surface area contributed by atoms with E-state index in [-0.39, 0.29) is 5.54 Å². The van der Waals surface area contributed by atoms with Crippen LogP contribution < -0.4 is 5.32 Å². The van der Waals surface area contributed by atoms with E-state index in [2.05, 4.69) is 79.7 Å². The SMILES string of the molecule is C=C1C=CC2=C(CC3C=C(C)CC2(N=C/C=C/c2cccs2)/C3=C/C)N1. The molecule has 3 aliphatic rings. The third kappa shape index (κ3) is 2.86. The monoisotopic (exact) mass is 360 g/mol. The minimum absolute atomic E-state index is 0.296. The second-order valence-electron chi connectivity index (χ2n) is 7.13. The van der Waals surface area contributed by atoms with Crippen LogP contribution in [0, 0.1) is 5.92 Å². The van der Waals surface area contributed by atoms with Gasteiger partial charge < -0.3 is 5.32 Å². The number of nitrogens with one attached hydrogen (secondary N) is 1. The van der Waals surface area contributed by atoms with Crippen LogP contribution >= 0.6 is 11.3 Å². The molecule has 3 heteroatoms. The fraction of sp³-hybridized carbons (Fsp3) is 0.261. The molecule has 2 heterocycles. The predicted molar refractivity (Wildman–Crippen MR) is 113 cm³/mol. The second kappa shape index (κ2) is 6.73. The molecule has 2 atom stereocenters. The van der Waals surface area contributed by atoms with Crippen LogP contribution in [0.15, 0.2) is 87.6 Å². The molecule has 2 aliphatic carbocycles. The minimum Gasteiger partial charge on any atom is -0.359 e. The van der Waals surface area contributed by atoms with Gasteiger partial charge in [-0.1, -0.05) is 36.4 Å². The van der Waals surface area contributed by atoms with E-state index in [1.807, 2.05) is 6.21 Å². The normalized spacial score (nSPS) is 29.5. The molecule has 0 amide bonds. The Morgan fingerprint density at radius 2 is 2.27 bits per heavy atom. The van der Waals surface area contributed by atoms with Crippen molar-refractivity contribution in [3.63, 3.8) is 0 Å². The summed E-state index contributed by atoms with van der Waals surface area (Å²) in [5.41, 5.74) is 6.07. The first-order valence-corrected chi connectivity index (χ1v) is 9.97. The molecule has 0 aromatic carbocycles. The molecule has 0 saturated heterocycles. The first-order chi connectivity index (χ1) is 12.6. The smallest absolute Gasteiger partial charge is 0.112 e. The summed E-state index contributed by atoms with van der Waals surface area (Å²) in [5, 5.41) is 5.59. The highest BCUT2D eigenvalue weighted by molar-refractivity contribution is 7.10. The third-order valence-corrected chi connectivity index (χ3v) is 6.19. The lowest BCUT2D eigenvalue weighted by molar-refractivity contribution is 0.453. The molecule has 0 radical (unpaired) electrons. The van der Waals surface area contributed by atoms with Crippen molar-refractivity contribution in [1.29, 1.82) is 0 Å². The van der Waals surface area contributed by atoms with E-state index in [9.17, 15) is 0 Å². The van der Waals surface area contributed by atoms with E-state index >= 15 is 0 Å². The van der Waals surface area contributed by atoms with Crippen molar-refractivity contribution in [3.05, 3.63) is 87.5 Å². The topological polar surface area (TPSA) is 24.4 Å². The van der Waals surface area contributed by atoms with Crippen LogP contribution in [0.3, 0.4) is 0 Å². The van der Waals surface area contributed by atoms with Crippen LogP contribution in [-0.4, -0.2) is 11.8 Å². The van der Waals surface area contributed by atoms with Crippen LogP contribution in [0.5, 0.6) is 0 Å². The number of fused-ring (bicyclic) bond motifs is 3. The molecule has 1 aromatic rings. The number of dihydropyridines is 1. The van der Waals surface area contributed by atoms with Crippen LogP contribution in [0.25, 0.3) is 6.08 Å². The van der Waals surface area contributed by atoms with Crippen molar-refractivity contribution in [2.45, 2.75) is 32.2 Å². The third-order valence-electron chi connectivity index (χ3n) is 5.35. The first-order valence-electron chi connectivity index (χ1n) is 9.09.